The van der Waals surface area contributed by atoms with Crippen molar-refractivity contribution in [3.8, 4) is 5.75 Å². The van der Waals surface area contributed by atoms with Crippen LogP contribution in [0.5, 0.6) is 5.75 Å². The fourth-order valence-corrected chi connectivity index (χ4v) is 1.39. The average molecular weight is 254 g/mol. The van der Waals surface area contributed by atoms with Crippen molar-refractivity contribution in [3.63, 3.8) is 0 Å². The van der Waals surface area contributed by atoms with Crippen molar-refractivity contribution in [1.29, 1.82) is 0 Å². The van der Waals surface area contributed by atoms with Gasteiger partial charge in [0.2, 0.25) is 0 Å². The van der Waals surface area contributed by atoms with Gasteiger partial charge in [0.25, 0.3) is 5.91 Å². The summed E-state index contributed by atoms with van der Waals surface area (Å²) in [5.74, 6) is -0.543. The Morgan fingerprint density at radius 2 is 2.11 bits per heavy atom. The molecule has 100 valence electrons. The number of hydrogen-bond acceptors (Lipinski definition) is 5. The third kappa shape index (κ3) is 4.31. The second-order valence-electron chi connectivity index (χ2n) is 3.44. The molecule has 6 heteroatoms. The molecule has 0 radical (unpaired) electrons. The van der Waals surface area contributed by atoms with Crippen LogP contribution in [0.3, 0.4) is 0 Å². The predicted molar refractivity (Wildman–Crippen MR) is 65.3 cm³/mol. The minimum Gasteiger partial charge on any atom is -0.505 e. The molecule has 0 aromatic carbocycles. The fourth-order valence-electron chi connectivity index (χ4n) is 1.39. The molecule has 0 aliphatic heterocycles. The number of amides is 1. The highest BCUT2D eigenvalue weighted by atomic mass is 16.7. The number of rotatable bonds is 7. The molecule has 1 rings (SSSR count). The summed E-state index contributed by atoms with van der Waals surface area (Å²) < 4.78 is 10.6. The SMILES string of the molecule is CCOC(CNC(=O)c1ccncc1O)OCC. The number of pyridine rings is 1. The van der Waals surface area contributed by atoms with Crippen molar-refractivity contribution >= 4 is 5.91 Å². The molecule has 1 heterocycles. The quantitative estimate of drug-likeness (QED) is 0.707. The summed E-state index contributed by atoms with van der Waals surface area (Å²) in [5.41, 5.74) is 0.178. The van der Waals surface area contributed by atoms with Crippen LogP contribution in [0.1, 0.15) is 24.2 Å². The number of aromatic nitrogens is 1. The maximum atomic E-state index is 11.8. The van der Waals surface area contributed by atoms with Crippen molar-refractivity contribution < 1.29 is 19.4 Å². The van der Waals surface area contributed by atoms with Crippen molar-refractivity contribution in [2.45, 2.75) is 20.1 Å². The summed E-state index contributed by atoms with van der Waals surface area (Å²) in [6.45, 7) is 4.93. The van der Waals surface area contributed by atoms with E-state index >= 15 is 0 Å². The molecule has 18 heavy (non-hydrogen) atoms. The number of nitrogens with zero attached hydrogens (tertiary/aromatic N) is 1. The van der Waals surface area contributed by atoms with Crippen LogP contribution in [0, 0.1) is 0 Å². The third-order valence-electron chi connectivity index (χ3n) is 2.18. The van der Waals surface area contributed by atoms with Gasteiger partial charge in [-0.3, -0.25) is 9.78 Å². The number of ether oxygens (including phenoxy) is 2. The molecule has 0 aliphatic rings. The number of nitrogens with one attached hydrogen (secondary N) is 1. The first-order chi connectivity index (χ1) is 8.69. The molecule has 0 aliphatic carbocycles. The first-order valence-electron chi connectivity index (χ1n) is 5.83. The lowest BCUT2D eigenvalue weighted by molar-refractivity contribution is -0.131. The molecule has 0 saturated carbocycles. The van der Waals surface area contributed by atoms with E-state index in [9.17, 15) is 9.90 Å². The largest absolute Gasteiger partial charge is 0.505 e. The van der Waals surface area contributed by atoms with E-state index < -0.39 is 6.29 Å². The minimum absolute atomic E-state index is 0.153. The topological polar surface area (TPSA) is 80.7 Å². The Morgan fingerprint density at radius 1 is 1.44 bits per heavy atom. The summed E-state index contributed by atoms with van der Waals surface area (Å²) in [5, 5.41) is 12.1. The van der Waals surface area contributed by atoms with Crippen molar-refractivity contribution in [2.24, 2.45) is 0 Å². The highest BCUT2D eigenvalue weighted by Crippen LogP contribution is 2.13. The van der Waals surface area contributed by atoms with Crippen LogP contribution < -0.4 is 5.32 Å². The van der Waals surface area contributed by atoms with Crippen LogP contribution in [0.2, 0.25) is 0 Å². The Morgan fingerprint density at radius 3 is 2.67 bits per heavy atom. The highest BCUT2D eigenvalue weighted by molar-refractivity contribution is 5.96. The molecule has 0 atom stereocenters. The van der Waals surface area contributed by atoms with E-state index in [1.165, 1.54) is 18.5 Å². The second kappa shape index (κ2) is 7.62. The minimum atomic E-state index is -0.479. The summed E-state index contributed by atoms with van der Waals surface area (Å²) in [6, 6.07) is 1.45. The lowest BCUT2D eigenvalue weighted by Gasteiger charge is -2.17. The van der Waals surface area contributed by atoms with Crippen LogP contribution >= 0.6 is 0 Å². The van der Waals surface area contributed by atoms with E-state index in [1.54, 1.807) is 0 Å². The highest BCUT2D eigenvalue weighted by Gasteiger charge is 2.13. The first kappa shape index (κ1) is 14.4. The lowest BCUT2D eigenvalue weighted by Crippen LogP contribution is -2.35. The van der Waals surface area contributed by atoms with E-state index in [4.69, 9.17) is 9.47 Å². The van der Waals surface area contributed by atoms with Crippen molar-refractivity contribution in [2.75, 3.05) is 19.8 Å². The Balaban J connectivity index is 2.52. The van der Waals surface area contributed by atoms with Gasteiger partial charge in [0.15, 0.2) is 6.29 Å². The maximum Gasteiger partial charge on any atom is 0.255 e. The number of aromatic hydroxyl groups is 1. The Kier molecular flexibility index (Phi) is 6.10. The predicted octanol–water partition coefficient (Wildman–Crippen LogP) is 0.916. The molecule has 0 bridgehead atoms. The summed E-state index contributed by atoms with van der Waals surface area (Å²) in [6.07, 6.45) is 2.18. The molecule has 0 unspecified atom stereocenters. The van der Waals surface area contributed by atoms with Gasteiger partial charge in [-0.15, -0.1) is 0 Å². The maximum absolute atomic E-state index is 11.8. The second-order valence-corrected chi connectivity index (χ2v) is 3.44. The molecular formula is C12H18N2O4. The van der Waals surface area contributed by atoms with Gasteiger partial charge in [-0.1, -0.05) is 0 Å². The van der Waals surface area contributed by atoms with Gasteiger partial charge in [-0.25, -0.2) is 0 Å². The van der Waals surface area contributed by atoms with Gasteiger partial charge in [-0.2, -0.15) is 0 Å². The van der Waals surface area contributed by atoms with Crippen LogP contribution in [-0.2, 0) is 9.47 Å². The lowest BCUT2D eigenvalue weighted by atomic mass is 10.2. The average Bonchev–Trinajstić information content (AvgIpc) is 2.36. The Labute approximate surface area is 106 Å². The van der Waals surface area contributed by atoms with Crippen LogP contribution in [-0.4, -0.2) is 42.0 Å². The zero-order chi connectivity index (χ0) is 13.4. The molecule has 2 N–H and O–H groups in total. The van der Waals surface area contributed by atoms with Gasteiger partial charge >= 0.3 is 0 Å². The fraction of sp³-hybridized carbons (Fsp3) is 0.500. The molecule has 1 aromatic rings. The standard InChI is InChI=1S/C12H18N2O4/c1-3-17-11(18-4-2)8-14-12(16)9-5-6-13-7-10(9)15/h5-7,11,15H,3-4,8H2,1-2H3,(H,14,16). The molecule has 0 saturated heterocycles. The van der Waals surface area contributed by atoms with Gasteiger partial charge < -0.3 is 19.9 Å². The van der Waals surface area contributed by atoms with E-state index in [2.05, 4.69) is 10.3 Å². The van der Waals surface area contributed by atoms with E-state index in [-0.39, 0.29) is 23.8 Å². The van der Waals surface area contributed by atoms with E-state index in [1.807, 2.05) is 13.8 Å². The van der Waals surface area contributed by atoms with Gasteiger partial charge in [0.1, 0.15) is 5.75 Å². The zero-order valence-electron chi connectivity index (χ0n) is 10.5. The van der Waals surface area contributed by atoms with Crippen LogP contribution in [0.15, 0.2) is 18.5 Å². The Bertz CT molecular complexity index is 378. The van der Waals surface area contributed by atoms with Crippen molar-refractivity contribution in [1.82, 2.24) is 10.3 Å². The first-order valence-corrected chi connectivity index (χ1v) is 5.83. The van der Waals surface area contributed by atoms with Gasteiger partial charge in [0, 0.05) is 19.4 Å². The summed E-state index contributed by atoms with van der Waals surface area (Å²) >= 11 is 0. The molecule has 0 spiro atoms. The molecule has 6 nitrogen and oxygen atoms in total. The van der Waals surface area contributed by atoms with Crippen LogP contribution in [0.4, 0.5) is 0 Å². The van der Waals surface area contributed by atoms with Gasteiger partial charge in [0.05, 0.1) is 18.3 Å². The number of hydrogen-bond donors (Lipinski definition) is 2. The normalized spacial score (nSPS) is 10.6. The van der Waals surface area contributed by atoms with Crippen molar-refractivity contribution in [3.05, 3.63) is 24.0 Å². The molecule has 1 amide bonds. The monoisotopic (exact) mass is 254 g/mol. The summed E-state index contributed by atoms with van der Waals surface area (Å²) in [7, 11) is 0. The third-order valence-corrected chi connectivity index (χ3v) is 2.18. The number of carbonyl (C=O) groups is 1. The van der Waals surface area contributed by atoms with E-state index in [0.717, 1.165) is 0 Å². The smallest absolute Gasteiger partial charge is 0.255 e. The molecular weight excluding hydrogens is 236 g/mol. The van der Waals surface area contributed by atoms with Gasteiger partial charge in [-0.05, 0) is 19.9 Å². The van der Waals surface area contributed by atoms with E-state index in [0.29, 0.717) is 13.2 Å². The molecule has 1 aromatic heterocycles. The summed E-state index contributed by atoms with van der Waals surface area (Å²) in [4.78, 5) is 15.5. The number of carbonyl (C=O) groups excluding carboxylic acids is 1. The Hall–Kier alpha value is -1.66. The zero-order valence-corrected chi connectivity index (χ0v) is 10.5. The van der Waals surface area contributed by atoms with Crippen LogP contribution in [0.25, 0.3) is 0 Å². The molecule has 0 fully saturated rings.